The molecule has 1 aromatic rings. The Kier molecular flexibility index (Phi) is 6.29. The van der Waals surface area contributed by atoms with Gasteiger partial charge in [-0.3, -0.25) is 0 Å². The van der Waals surface area contributed by atoms with Crippen LogP contribution in [0.5, 0.6) is 11.5 Å². The molecular weight excluding hydrogens is 226 g/mol. The van der Waals surface area contributed by atoms with E-state index in [1.54, 1.807) is 14.2 Å². The Labute approximate surface area is 110 Å². The molecule has 0 aliphatic carbocycles. The van der Waals surface area contributed by atoms with E-state index in [4.69, 9.17) is 9.47 Å². The summed E-state index contributed by atoms with van der Waals surface area (Å²) in [6, 6.07) is 5.87. The monoisotopic (exact) mass is 249 g/mol. The normalized spacial score (nSPS) is 10.2. The molecule has 100 valence electrons. The van der Waals surface area contributed by atoms with Crippen LogP contribution in [0.1, 0.15) is 25.3 Å². The molecule has 0 bridgehead atoms. The fourth-order valence-corrected chi connectivity index (χ4v) is 1.70. The third kappa shape index (κ3) is 4.08. The van der Waals surface area contributed by atoms with E-state index in [1.165, 1.54) is 12.8 Å². The van der Waals surface area contributed by atoms with Gasteiger partial charge < -0.3 is 14.8 Å². The van der Waals surface area contributed by atoms with E-state index < -0.39 is 0 Å². The Morgan fingerprint density at radius 2 is 1.94 bits per heavy atom. The maximum atomic E-state index is 5.28. The maximum absolute atomic E-state index is 5.28. The molecule has 0 amide bonds. The van der Waals surface area contributed by atoms with Gasteiger partial charge in [-0.15, -0.1) is 0 Å². The molecule has 1 rings (SSSR count). The highest BCUT2D eigenvalue weighted by Crippen LogP contribution is 2.29. The lowest BCUT2D eigenvalue weighted by atomic mass is 10.1. The third-order valence-corrected chi connectivity index (χ3v) is 2.84. The Morgan fingerprint density at radius 3 is 2.56 bits per heavy atom. The van der Waals surface area contributed by atoms with Crippen molar-refractivity contribution in [2.24, 2.45) is 0 Å². The molecule has 0 saturated carbocycles. The van der Waals surface area contributed by atoms with Crippen LogP contribution in [0.15, 0.2) is 24.8 Å². The molecule has 0 heterocycles. The molecule has 1 aromatic carbocycles. The summed E-state index contributed by atoms with van der Waals surface area (Å²) in [5, 5.41) is 3.38. The van der Waals surface area contributed by atoms with Gasteiger partial charge in [0.15, 0.2) is 11.5 Å². The second-order valence-corrected chi connectivity index (χ2v) is 4.20. The number of rotatable bonds is 8. The first-order valence-electron chi connectivity index (χ1n) is 6.33. The van der Waals surface area contributed by atoms with Gasteiger partial charge in [0.25, 0.3) is 0 Å². The van der Waals surface area contributed by atoms with Crippen LogP contribution < -0.4 is 14.8 Å². The van der Waals surface area contributed by atoms with E-state index in [1.807, 2.05) is 18.2 Å². The van der Waals surface area contributed by atoms with E-state index in [9.17, 15) is 0 Å². The topological polar surface area (TPSA) is 30.5 Å². The average Bonchev–Trinajstić information content (AvgIpc) is 2.42. The van der Waals surface area contributed by atoms with Gasteiger partial charge in [-0.05, 0) is 36.2 Å². The number of benzene rings is 1. The zero-order chi connectivity index (χ0) is 13.4. The molecule has 0 fully saturated rings. The van der Waals surface area contributed by atoms with Crippen LogP contribution >= 0.6 is 0 Å². The fraction of sp³-hybridized carbons (Fsp3) is 0.467. The molecule has 1 N–H and O–H groups in total. The third-order valence-electron chi connectivity index (χ3n) is 2.84. The van der Waals surface area contributed by atoms with Crippen molar-refractivity contribution in [3.63, 3.8) is 0 Å². The van der Waals surface area contributed by atoms with Crippen LogP contribution in [-0.4, -0.2) is 27.3 Å². The SMILES string of the molecule is C=C(CNCCCC)c1ccc(OC)c(OC)c1. The lowest BCUT2D eigenvalue weighted by Gasteiger charge is -2.12. The van der Waals surface area contributed by atoms with Crippen molar-refractivity contribution >= 4 is 5.57 Å². The summed E-state index contributed by atoms with van der Waals surface area (Å²) in [5.74, 6) is 1.48. The summed E-state index contributed by atoms with van der Waals surface area (Å²) in [6.07, 6.45) is 2.40. The van der Waals surface area contributed by atoms with Crippen LogP contribution in [0.25, 0.3) is 5.57 Å². The first kappa shape index (κ1) is 14.6. The first-order chi connectivity index (χ1) is 8.72. The van der Waals surface area contributed by atoms with Crippen molar-refractivity contribution in [1.29, 1.82) is 0 Å². The minimum Gasteiger partial charge on any atom is -0.493 e. The van der Waals surface area contributed by atoms with Gasteiger partial charge in [0, 0.05) is 6.54 Å². The number of nitrogens with one attached hydrogen (secondary N) is 1. The van der Waals surface area contributed by atoms with E-state index in [0.717, 1.165) is 35.7 Å². The summed E-state index contributed by atoms with van der Waals surface area (Å²) in [4.78, 5) is 0. The molecule has 18 heavy (non-hydrogen) atoms. The molecule has 0 aliphatic rings. The quantitative estimate of drug-likeness (QED) is 0.718. The number of hydrogen-bond acceptors (Lipinski definition) is 3. The Hall–Kier alpha value is -1.48. The van der Waals surface area contributed by atoms with Gasteiger partial charge in [-0.1, -0.05) is 26.0 Å². The van der Waals surface area contributed by atoms with Crippen LogP contribution in [0, 0.1) is 0 Å². The minimum atomic E-state index is 0.740. The second-order valence-electron chi connectivity index (χ2n) is 4.20. The van der Waals surface area contributed by atoms with E-state index in [2.05, 4.69) is 18.8 Å². The smallest absolute Gasteiger partial charge is 0.161 e. The molecule has 0 atom stereocenters. The summed E-state index contributed by atoms with van der Waals surface area (Å²) in [5.41, 5.74) is 2.14. The maximum Gasteiger partial charge on any atom is 0.161 e. The predicted octanol–water partition coefficient (Wildman–Crippen LogP) is 3.11. The van der Waals surface area contributed by atoms with Gasteiger partial charge >= 0.3 is 0 Å². The first-order valence-corrected chi connectivity index (χ1v) is 6.33. The van der Waals surface area contributed by atoms with E-state index >= 15 is 0 Å². The Bertz CT molecular complexity index is 388. The van der Waals surface area contributed by atoms with Crippen molar-refractivity contribution in [2.75, 3.05) is 27.3 Å². The van der Waals surface area contributed by atoms with Crippen molar-refractivity contribution in [1.82, 2.24) is 5.32 Å². The standard InChI is InChI=1S/C15H23NO2/c1-5-6-9-16-11-12(2)13-7-8-14(17-3)15(10-13)18-4/h7-8,10,16H,2,5-6,9,11H2,1,3-4H3. The average molecular weight is 249 g/mol. The van der Waals surface area contributed by atoms with Gasteiger partial charge in [-0.25, -0.2) is 0 Å². The van der Waals surface area contributed by atoms with Gasteiger partial charge in [-0.2, -0.15) is 0 Å². The van der Waals surface area contributed by atoms with Crippen LogP contribution in [0.4, 0.5) is 0 Å². The summed E-state index contributed by atoms with van der Waals surface area (Å²) in [7, 11) is 3.28. The number of ether oxygens (including phenoxy) is 2. The van der Waals surface area contributed by atoms with Crippen LogP contribution in [0.2, 0.25) is 0 Å². The van der Waals surface area contributed by atoms with Gasteiger partial charge in [0.2, 0.25) is 0 Å². The zero-order valence-electron chi connectivity index (χ0n) is 11.6. The van der Waals surface area contributed by atoms with Gasteiger partial charge in [0.05, 0.1) is 14.2 Å². The minimum absolute atomic E-state index is 0.740. The molecule has 0 radical (unpaired) electrons. The number of hydrogen-bond donors (Lipinski definition) is 1. The van der Waals surface area contributed by atoms with Gasteiger partial charge in [0.1, 0.15) is 0 Å². The van der Waals surface area contributed by atoms with Crippen LogP contribution in [-0.2, 0) is 0 Å². The van der Waals surface area contributed by atoms with Crippen molar-refractivity contribution in [2.45, 2.75) is 19.8 Å². The van der Waals surface area contributed by atoms with Crippen molar-refractivity contribution in [3.05, 3.63) is 30.3 Å². The molecule has 0 spiro atoms. The Morgan fingerprint density at radius 1 is 1.22 bits per heavy atom. The highest BCUT2D eigenvalue weighted by atomic mass is 16.5. The molecule has 3 nitrogen and oxygen atoms in total. The van der Waals surface area contributed by atoms with E-state index in [-0.39, 0.29) is 0 Å². The van der Waals surface area contributed by atoms with Crippen molar-refractivity contribution < 1.29 is 9.47 Å². The largest absolute Gasteiger partial charge is 0.493 e. The molecule has 3 heteroatoms. The number of unbranched alkanes of at least 4 members (excludes halogenated alkanes) is 1. The molecule has 0 aliphatic heterocycles. The molecule has 0 unspecified atom stereocenters. The fourth-order valence-electron chi connectivity index (χ4n) is 1.70. The second kappa shape index (κ2) is 7.77. The summed E-state index contributed by atoms with van der Waals surface area (Å²) in [6.45, 7) is 8.11. The van der Waals surface area contributed by atoms with Crippen molar-refractivity contribution in [3.8, 4) is 11.5 Å². The lowest BCUT2D eigenvalue weighted by molar-refractivity contribution is 0.355. The highest BCUT2D eigenvalue weighted by molar-refractivity contribution is 5.67. The van der Waals surface area contributed by atoms with E-state index in [0.29, 0.717) is 0 Å². The Balaban J connectivity index is 2.62. The molecule has 0 aromatic heterocycles. The predicted molar refractivity (Wildman–Crippen MR) is 76.4 cm³/mol. The summed E-state index contributed by atoms with van der Waals surface area (Å²) < 4.78 is 10.5. The lowest BCUT2D eigenvalue weighted by Crippen LogP contribution is -2.17. The highest BCUT2D eigenvalue weighted by Gasteiger charge is 2.06. The number of methoxy groups -OCH3 is 2. The van der Waals surface area contributed by atoms with Crippen LogP contribution in [0.3, 0.4) is 0 Å². The summed E-state index contributed by atoms with van der Waals surface area (Å²) >= 11 is 0. The molecule has 0 saturated heterocycles. The zero-order valence-corrected chi connectivity index (χ0v) is 11.6. The molecular formula is C15H23NO2.